The summed E-state index contributed by atoms with van der Waals surface area (Å²) < 4.78 is 7.48. The van der Waals surface area contributed by atoms with Crippen LogP contribution in [0, 0.1) is 0 Å². The summed E-state index contributed by atoms with van der Waals surface area (Å²) in [6, 6.07) is 14.8. The first kappa shape index (κ1) is 19.2. The van der Waals surface area contributed by atoms with Gasteiger partial charge in [-0.1, -0.05) is 23.7 Å². The number of carbonyl (C=O) groups excluding carboxylic acids is 1. The van der Waals surface area contributed by atoms with Gasteiger partial charge in [0.25, 0.3) is 0 Å². The Balaban J connectivity index is 1.33. The summed E-state index contributed by atoms with van der Waals surface area (Å²) in [5, 5.41) is 15.6. The first-order chi connectivity index (χ1) is 14.1. The number of amides is 2. The van der Waals surface area contributed by atoms with Crippen LogP contribution in [-0.4, -0.2) is 51.3 Å². The molecule has 0 aliphatic heterocycles. The number of likely N-dealkylation sites (N-methyl/N-ethyl adjacent to an activating group) is 1. The van der Waals surface area contributed by atoms with Crippen LogP contribution >= 0.6 is 11.6 Å². The van der Waals surface area contributed by atoms with Crippen molar-refractivity contribution < 1.29 is 9.53 Å². The van der Waals surface area contributed by atoms with Gasteiger partial charge in [-0.15, -0.1) is 5.10 Å². The van der Waals surface area contributed by atoms with Crippen LogP contribution in [0.4, 0.5) is 10.5 Å². The van der Waals surface area contributed by atoms with Gasteiger partial charge < -0.3 is 15.0 Å². The van der Waals surface area contributed by atoms with Crippen molar-refractivity contribution in [1.82, 2.24) is 25.1 Å². The lowest BCUT2D eigenvalue weighted by atomic mass is 10.2. The highest BCUT2D eigenvalue weighted by Crippen LogP contribution is 2.36. The van der Waals surface area contributed by atoms with Crippen molar-refractivity contribution in [2.75, 3.05) is 25.5 Å². The molecule has 3 aromatic rings. The first-order valence-electron chi connectivity index (χ1n) is 9.39. The number of nitrogens with zero attached hydrogens (tertiary/aromatic N) is 5. The summed E-state index contributed by atoms with van der Waals surface area (Å²) in [6.45, 7) is 0.815. The third-order valence-electron chi connectivity index (χ3n) is 4.61. The van der Waals surface area contributed by atoms with Crippen LogP contribution in [0.25, 0.3) is 11.4 Å². The summed E-state index contributed by atoms with van der Waals surface area (Å²) in [7, 11) is 1.72. The number of rotatable bonds is 7. The van der Waals surface area contributed by atoms with Crippen molar-refractivity contribution in [3.8, 4) is 17.1 Å². The van der Waals surface area contributed by atoms with E-state index in [9.17, 15) is 4.79 Å². The van der Waals surface area contributed by atoms with E-state index in [1.807, 2.05) is 28.9 Å². The molecule has 1 aromatic heterocycles. The molecule has 1 heterocycles. The van der Waals surface area contributed by atoms with E-state index in [2.05, 4.69) is 20.8 Å². The van der Waals surface area contributed by atoms with Gasteiger partial charge in [-0.05, 0) is 59.7 Å². The molecule has 0 bridgehead atoms. The van der Waals surface area contributed by atoms with E-state index < -0.39 is 0 Å². The minimum absolute atomic E-state index is 0.219. The summed E-state index contributed by atoms with van der Waals surface area (Å²) >= 11 is 5.86. The fourth-order valence-corrected chi connectivity index (χ4v) is 2.96. The second-order valence-electron chi connectivity index (χ2n) is 6.91. The monoisotopic (exact) mass is 412 g/mol. The Morgan fingerprint density at radius 2 is 2.07 bits per heavy atom. The van der Waals surface area contributed by atoms with Crippen molar-refractivity contribution in [2.45, 2.75) is 18.9 Å². The Hall–Kier alpha value is -3.13. The van der Waals surface area contributed by atoms with E-state index in [0.29, 0.717) is 41.5 Å². The van der Waals surface area contributed by atoms with Gasteiger partial charge in [-0.2, -0.15) is 0 Å². The van der Waals surface area contributed by atoms with Crippen LogP contribution in [-0.2, 0) is 0 Å². The highest BCUT2D eigenvalue weighted by molar-refractivity contribution is 6.30. The molecule has 2 aromatic carbocycles. The molecule has 9 heteroatoms. The third kappa shape index (κ3) is 4.83. The summed E-state index contributed by atoms with van der Waals surface area (Å²) in [5.74, 6) is 1.43. The number of benzene rings is 2. The zero-order valence-electron chi connectivity index (χ0n) is 16.0. The lowest BCUT2D eigenvalue weighted by molar-refractivity contribution is 0.207. The zero-order chi connectivity index (χ0) is 20.2. The highest BCUT2D eigenvalue weighted by Gasteiger charge is 2.28. The number of tetrazole rings is 1. The van der Waals surface area contributed by atoms with Crippen molar-refractivity contribution in [3.05, 3.63) is 53.6 Å². The predicted molar refractivity (Wildman–Crippen MR) is 110 cm³/mol. The predicted octanol–water partition coefficient (Wildman–Crippen LogP) is 3.87. The Kier molecular flexibility index (Phi) is 5.62. The minimum Gasteiger partial charge on any atom is -0.492 e. The number of anilines is 1. The average molecular weight is 413 g/mol. The van der Waals surface area contributed by atoms with Gasteiger partial charge in [0.1, 0.15) is 12.4 Å². The maximum Gasteiger partial charge on any atom is 0.321 e. The standard InChI is InChI=1S/C20H21ClN6O2/c1-26(11-12-29-18-9-5-15(21)6-10-18)20(28)22-16-4-2-3-14(13-16)19-23-24-25-27(19)17-7-8-17/h2-6,9-10,13,17H,7-8,11-12H2,1H3,(H,22,28). The lowest BCUT2D eigenvalue weighted by Crippen LogP contribution is -2.34. The third-order valence-corrected chi connectivity index (χ3v) is 4.87. The first-order valence-corrected chi connectivity index (χ1v) is 9.77. The van der Waals surface area contributed by atoms with Crippen molar-refractivity contribution in [1.29, 1.82) is 0 Å². The van der Waals surface area contributed by atoms with Gasteiger partial charge in [-0.3, -0.25) is 0 Å². The number of hydrogen-bond donors (Lipinski definition) is 1. The molecule has 4 rings (SSSR count). The van der Waals surface area contributed by atoms with Gasteiger partial charge in [0.05, 0.1) is 12.6 Å². The summed E-state index contributed by atoms with van der Waals surface area (Å²) in [4.78, 5) is 14.0. The number of halogens is 1. The topological polar surface area (TPSA) is 85.2 Å². The van der Waals surface area contributed by atoms with E-state index in [0.717, 1.165) is 18.4 Å². The van der Waals surface area contributed by atoms with E-state index in [1.165, 1.54) is 0 Å². The Labute approximate surface area is 173 Å². The van der Waals surface area contributed by atoms with Gasteiger partial charge >= 0.3 is 6.03 Å². The fourth-order valence-electron chi connectivity index (χ4n) is 2.84. The van der Waals surface area contributed by atoms with E-state index in [-0.39, 0.29) is 6.03 Å². The Morgan fingerprint density at radius 3 is 2.83 bits per heavy atom. The zero-order valence-corrected chi connectivity index (χ0v) is 16.7. The number of nitrogens with one attached hydrogen (secondary N) is 1. The van der Waals surface area contributed by atoms with Crippen LogP contribution in [0.2, 0.25) is 5.02 Å². The number of urea groups is 1. The van der Waals surface area contributed by atoms with Gasteiger partial charge in [-0.25, -0.2) is 9.48 Å². The summed E-state index contributed by atoms with van der Waals surface area (Å²) in [6.07, 6.45) is 2.19. The molecule has 1 N–H and O–H groups in total. The van der Waals surface area contributed by atoms with Crippen LogP contribution in [0.15, 0.2) is 48.5 Å². The van der Waals surface area contributed by atoms with Gasteiger partial charge in [0.15, 0.2) is 5.82 Å². The molecule has 1 saturated carbocycles. The van der Waals surface area contributed by atoms with Gasteiger partial charge in [0.2, 0.25) is 0 Å². The lowest BCUT2D eigenvalue weighted by Gasteiger charge is -2.18. The molecule has 8 nitrogen and oxygen atoms in total. The quantitative estimate of drug-likeness (QED) is 0.636. The maximum atomic E-state index is 12.5. The van der Waals surface area contributed by atoms with Crippen LogP contribution in [0.5, 0.6) is 5.75 Å². The molecule has 29 heavy (non-hydrogen) atoms. The molecule has 150 valence electrons. The largest absolute Gasteiger partial charge is 0.492 e. The minimum atomic E-state index is -0.219. The van der Waals surface area contributed by atoms with Crippen molar-refractivity contribution in [2.24, 2.45) is 0 Å². The SMILES string of the molecule is CN(CCOc1ccc(Cl)cc1)C(=O)Nc1cccc(-c2nnnn2C2CC2)c1. The number of ether oxygens (including phenoxy) is 1. The summed E-state index contributed by atoms with van der Waals surface area (Å²) in [5.41, 5.74) is 1.55. The molecular formula is C20H21ClN6O2. The van der Waals surface area contributed by atoms with Crippen LogP contribution in [0.3, 0.4) is 0 Å². The fraction of sp³-hybridized carbons (Fsp3) is 0.300. The molecule has 0 unspecified atom stereocenters. The second-order valence-corrected chi connectivity index (χ2v) is 7.35. The molecule has 2 amide bonds. The molecule has 1 aliphatic rings. The normalized spacial score (nSPS) is 13.2. The molecule has 1 fully saturated rings. The Morgan fingerprint density at radius 1 is 1.28 bits per heavy atom. The highest BCUT2D eigenvalue weighted by atomic mass is 35.5. The van der Waals surface area contributed by atoms with E-state index in [1.54, 1.807) is 36.2 Å². The van der Waals surface area contributed by atoms with Crippen LogP contribution in [0.1, 0.15) is 18.9 Å². The molecule has 0 saturated heterocycles. The number of hydrogen-bond acceptors (Lipinski definition) is 5. The molecular weight excluding hydrogens is 392 g/mol. The van der Waals surface area contributed by atoms with Gasteiger partial charge in [0, 0.05) is 23.3 Å². The molecule has 0 atom stereocenters. The average Bonchev–Trinajstić information content (AvgIpc) is 3.45. The van der Waals surface area contributed by atoms with E-state index in [4.69, 9.17) is 16.3 Å². The van der Waals surface area contributed by atoms with Crippen molar-refractivity contribution >= 4 is 23.3 Å². The maximum absolute atomic E-state index is 12.5. The number of carbonyl (C=O) groups is 1. The Bertz CT molecular complexity index is 987. The van der Waals surface area contributed by atoms with Crippen LogP contribution < -0.4 is 10.1 Å². The molecule has 0 spiro atoms. The smallest absolute Gasteiger partial charge is 0.321 e. The van der Waals surface area contributed by atoms with Crippen molar-refractivity contribution in [3.63, 3.8) is 0 Å². The number of aromatic nitrogens is 4. The van der Waals surface area contributed by atoms with E-state index >= 15 is 0 Å². The molecule has 0 radical (unpaired) electrons. The molecule has 1 aliphatic carbocycles. The second kappa shape index (κ2) is 8.48.